The van der Waals surface area contributed by atoms with Crippen LogP contribution in [0.2, 0.25) is 0 Å². The van der Waals surface area contributed by atoms with Gasteiger partial charge in [0.15, 0.2) is 0 Å². The van der Waals surface area contributed by atoms with Gasteiger partial charge in [0.2, 0.25) is 0 Å². The van der Waals surface area contributed by atoms with Crippen LogP contribution >= 0.6 is 0 Å². The largest absolute Gasteiger partial charge is 0.304 e. The van der Waals surface area contributed by atoms with E-state index < -0.39 is 0 Å². The second-order valence-corrected chi connectivity index (χ2v) is 6.35. The molecule has 0 radical (unpaired) electrons. The van der Waals surface area contributed by atoms with E-state index in [1.54, 1.807) is 0 Å². The maximum Gasteiger partial charge on any atom is 0.0454 e. The molecular formula is C18H40N2. The number of hydrogen-bond donors (Lipinski definition) is 2. The van der Waals surface area contributed by atoms with Gasteiger partial charge in [-0.2, -0.15) is 0 Å². The molecule has 2 N–H and O–H groups in total. The molecule has 0 saturated heterocycles. The molecule has 0 fully saturated rings. The fourth-order valence-electron chi connectivity index (χ4n) is 2.55. The summed E-state index contributed by atoms with van der Waals surface area (Å²) >= 11 is 0. The lowest BCUT2D eigenvalue weighted by Crippen LogP contribution is -2.32. The molecule has 1 atom stereocenters. The first-order valence-electron chi connectivity index (χ1n) is 9.22. The molecular weight excluding hydrogens is 244 g/mol. The van der Waals surface area contributed by atoms with Crippen LogP contribution in [0.3, 0.4) is 0 Å². The van der Waals surface area contributed by atoms with Gasteiger partial charge in [-0.25, -0.2) is 0 Å². The van der Waals surface area contributed by atoms with Crippen molar-refractivity contribution in [3.63, 3.8) is 0 Å². The van der Waals surface area contributed by atoms with Crippen LogP contribution in [0.5, 0.6) is 0 Å². The van der Waals surface area contributed by atoms with E-state index in [4.69, 9.17) is 0 Å². The van der Waals surface area contributed by atoms with Crippen molar-refractivity contribution < 1.29 is 0 Å². The number of hydrogen-bond acceptors (Lipinski definition) is 2. The first-order chi connectivity index (χ1) is 9.81. The Morgan fingerprint density at radius 3 is 2.00 bits per heavy atom. The molecule has 0 saturated carbocycles. The zero-order valence-corrected chi connectivity index (χ0v) is 14.5. The summed E-state index contributed by atoms with van der Waals surface area (Å²) in [5.74, 6) is 0.822. The van der Waals surface area contributed by atoms with Crippen LogP contribution in [-0.2, 0) is 0 Å². The summed E-state index contributed by atoms with van der Waals surface area (Å²) in [6.45, 7) is 10.2. The topological polar surface area (TPSA) is 24.1 Å². The SMILES string of the molecule is CCCCCCCCNCNCC(C)CCCCCC. The van der Waals surface area contributed by atoms with E-state index in [0.29, 0.717) is 0 Å². The van der Waals surface area contributed by atoms with Crippen molar-refractivity contribution in [2.75, 3.05) is 19.8 Å². The lowest BCUT2D eigenvalue weighted by Gasteiger charge is -2.13. The van der Waals surface area contributed by atoms with Crippen LogP contribution in [0.4, 0.5) is 0 Å². The minimum atomic E-state index is 0.822. The van der Waals surface area contributed by atoms with Crippen molar-refractivity contribution in [3.05, 3.63) is 0 Å². The highest BCUT2D eigenvalue weighted by atomic mass is 15.0. The third-order valence-electron chi connectivity index (χ3n) is 4.00. The van der Waals surface area contributed by atoms with Gasteiger partial charge < -0.3 is 10.6 Å². The Morgan fingerprint density at radius 2 is 1.30 bits per heavy atom. The maximum atomic E-state index is 3.53. The summed E-state index contributed by atoms with van der Waals surface area (Å²) in [4.78, 5) is 0. The number of rotatable bonds is 16. The first-order valence-corrected chi connectivity index (χ1v) is 9.22. The highest BCUT2D eigenvalue weighted by Gasteiger charge is 2.00. The molecule has 0 aliphatic rings. The molecule has 2 nitrogen and oxygen atoms in total. The molecule has 0 aliphatic carbocycles. The Labute approximate surface area is 128 Å². The summed E-state index contributed by atoms with van der Waals surface area (Å²) in [6.07, 6.45) is 15.3. The van der Waals surface area contributed by atoms with Crippen molar-refractivity contribution in [2.45, 2.75) is 91.4 Å². The molecule has 0 heterocycles. The molecule has 0 spiro atoms. The predicted octanol–water partition coefficient (Wildman–Crippen LogP) is 5.09. The third-order valence-corrected chi connectivity index (χ3v) is 4.00. The lowest BCUT2D eigenvalue weighted by atomic mass is 10.0. The summed E-state index contributed by atoms with van der Waals surface area (Å²) < 4.78 is 0. The Morgan fingerprint density at radius 1 is 0.700 bits per heavy atom. The number of nitrogens with one attached hydrogen (secondary N) is 2. The molecule has 20 heavy (non-hydrogen) atoms. The van der Waals surface area contributed by atoms with Gasteiger partial charge in [0.05, 0.1) is 0 Å². The van der Waals surface area contributed by atoms with Crippen molar-refractivity contribution in [1.29, 1.82) is 0 Å². The molecule has 2 heteroatoms. The highest BCUT2D eigenvalue weighted by molar-refractivity contribution is 4.57. The van der Waals surface area contributed by atoms with Crippen LogP contribution in [0.15, 0.2) is 0 Å². The average molecular weight is 285 g/mol. The summed E-state index contributed by atoms with van der Waals surface area (Å²) in [5, 5.41) is 7.02. The van der Waals surface area contributed by atoms with E-state index >= 15 is 0 Å². The smallest absolute Gasteiger partial charge is 0.0454 e. The minimum Gasteiger partial charge on any atom is -0.304 e. The minimum absolute atomic E-state index is 0.822. The Hall–Kier alpha value is -0.0800. The quantitative estimate of drug-likeness (QED) is 0.305. The van der Waals surface area contributed by atoms with Gasteiger partial charge in [-0.1, -0.05) is 78.6 Å². The van der Waals surface area contributed by atoms with Gasteiger partial charge in [-0.3, -0.25) is 0 Å². The van der Waals surface area contributed by atoms with Gasteiger partial charge in [0.25, 0.3) is 0 Å². The molecule has 0 bridgehead atoms. The van der Waals surface area contributed by atoms with Crippen LogP contribution in [0.25, 0.3) is 0 Å². The molecule has 0 aromatic rings. The molecule has 0 aromatic carbocycles. The summed E-state index contributed by atoms with van der Waals surface area (Å²) in [6, 6.07) is 0. The third kappa shape index (κ3) is 16.0. The number of unbranched alkanes of at least 4 members (excludes halogenated alkanes) is 8. The van der Waals surface area contributed by atoms with Crippen LogP contribution in [-0.4, -0.2) is 19.8 Å². The van der Waals surface area contributed by atoms with Crippen LogP contribution in [0.1, 0.15) is 91.4 Å². The fourth-order valence-corrected chi connectivity index (χ4v) is 2.55. The zero-order chi connectivity index (χ0) is 14.9. The maximum absolute atomic E-state index is 3.53. The molecule has 0 aromatic heterocycles. The molecule has 0 rings (SSSR count). The van der Waals surface area contributed by atoms with Gasteiger partial charge in [0.1, 0.15) is 0 Å². The van der Waals surface area contributed by atoms with Crippen LogP contribution in [0, 0.1) is 5.92 Å². The van der Waals surface area contributed by atoms with Gasteiger partial charge in [0, 0.05) is 6.67 Å². The normalized spacial score (nSPS) is 12.8. The van der Waals surface area contributed by atoms with E-state index in [1.165, 1.54) is 77.2 Å². The van der Waals surface area contributed by atoms with E-state index in [2.05, 4.69) is 31.4 Å². The van der Waals surface area contributed by atoms with E-state index in [0.717, 1.165) is 19.1 Å². The lowest BCUT2D eigenvalue weighted by molar-refractivity contribution is 0.439. The Bertz CT molecular complexity index is 171. The molecule has 1 unspecified atom stereocenters. The second kappa shape index (κ2) is 17.0. The molecule has 0 amide bonds. The van der Waals surface area contributed by atoms with Crippen molar-refractivity contribution in [3.8, 4) is 0 Å². The summed E-state index contributed by atoms with van der Waals surface area (Å²) in [5.41, 5.74) is 0. The Balaban J connectivity index is 3.07. The van der Waals surface area contributed by atoms with E-state index in [1.807, 2.05) is 0 Å². The van der Waals surface area contributed by atoms with Crippen molar-refractivity contribution in [1.82, 2.24) is 10.6 Å². The van der Waals surface area contributed by atoms with Gasteiger partial charge >= 0.3 is 0 Å². The van der Waals surface area contributed by atoms with Crippen LogP contribution < -0.4 is 10.6 Å². The molecule has 122 valence electrons. The van der Waals surface area contributed by atoms with E-state index in [-0.39, 0.29) is 0 Å². The fraction of sp³-hybridized carbons (Fsp3) is 1.00. The Kier molecular flexibility index (Phi) is 16.9. The zero-order valence-electron chi connectivity index (χ0n) is 14.5. The van der Waals surface area contributed by atoms with Gasteiger partial charge in [-0.15, -0.1) is 0 Å². The monoisotopic (exact) mass is 284 g/mol. The predicted molar refractivity (Wildman–Crippen MR) is 92.2 cm³/mol. The second-order valence-electron chi connectivity index (χ2n) is 6.35. The van der Waals surface area contributed by atoms with E-state index in [9.17, 15) is 0 Å². The molecule has 0 aliphatic heterocycles. The average Bonchev–Trinajstić information content (AvgIpc) is 2.45. The van der Waals surface area contributed by atoms with Crippen molar-refractivity contribution in [2.24, 2.45) is 5.92 Å². The van der Waals surface area contributed by atoms with Gasteiger partial charge in [-0.05, 0) is 31.8 Å². The highest BCUT2D eigenvalue weighted by Crippen LogP contribution is 2.09. The summed E-state index contributed by atoms with van der Waals surface area (Å²) in [7, 11) is 0. The standard InChI is InChI=1S/C18H40N2/c1-4-6-8-10-11-13-15-19-17-20-16-18(3)14-12-9-7-5-2/h18-20H,4-17H2,1-3H3. The van der Waals surface area contributed by atoms with Crippen molar-refractivity contribution >= 4 is 0 Å². The first kappa shape index (κ1) is 19.9.